The maximum atomic E-state index is 5.78. The molecule has 0 amide bonds. The lowest BCUT2D eigenvalue weighted by molar-refractivity contribution is 0.297. The van der Waals surface area contributed by atoms with Gasteiger partial charge in [-0.15, -0.1) is 0 Å². The van der Waals surface area contributed by atoms with Crippen molar-refractivity contribution >= 4 is 15.9 Å². The van der Waals surface area contributed by atoms with Crippen LogP contribution in [0.25, 0.3) is 0 Å². The SMILES string of the molecule is Cc1ccc(C(Br)c2ccc3c(c2)OCCCO3)c(C)c1. The topological polar surface area (TPSA) is 18.5 Å². The Morgan fingerprint density at radius 2 is 1.71 bits per heavy atom. The fourth-order valence-corrected chi connectivity index (χ4v) is 3.43. The summed E-state index contributed by atoms with van der Waals surface area (Å²) in [5.41, 5.74) is 5.06. The van der Waals surface area contributed by atoms with Gasteiger partial charge in [0.1, 0.15) is 0 Å². The van der Waals surface area contributed by atoms with Crippen LogP contribution in [0.15, 0.2) is 36.4 Å². The zero-order chi connectivity index (χ0) is 14.8. The van der Waals surface area contributed by atoms with E-state index in [0.717, 1.165) is 24.5 Å². The number of fused-ring (bicyclic) bond motifs is 1. The number of rotatable bonds is 2. The van der Waals surface area contributed by atoms with Crippen molar-refractivity contribution in [3.63, 3.8) is 0 Å². The minimum Gasteiger partial charge on any atom is -0.490 e. The molecule has 21 heavy (non-hydrogen) atoms. The highest BCUT2D eigenvalue weighted by Crippen LogP contribution is 2.38. The molecule has 0 radical (unpaired) electrons. The molecule has 0 aromatic heterocycles. The van der Waals surface area contributed by atoms with Gasteiger partial charge in [0.15, 0.2) is 11.5 Å². The number of ether oxygens (including phenoxy) is 2. The lowest BCUT2D eigenvalue weighted by Gasteiger charge is -2.16. The molecule has 0 N–H and O–H groups in total. The molecule has 0 bridgehead atoms. The van der Waals surface area contributed by atoms with Crippen LogP contribution < -0.4 is 9.47 Å². The second kappa shape index (κ2) is 6.10. The van der Waals surface area contributed by atoms with Crippen molar-refractivity contribution in [1.82, 2.24) is 0 Å². The molecule has 0 saturated carbocycles. The summed E-state index contributed by atoms with van der Waals surface area (Å²) < 4.78 is 11.5. The van der Waals surface area contributed by atoms with Gasteiger partial charge < -0.3 is 9.47 Å². The van der Waals surface area contributed by atoms with E-state index >= 15 is 0 Å². The number of benzene rings is 2. The molecular formula is C18H19BrO2. The van der Waals surface area contributed by atoms with Crippen LogP contribution in [-0.2, 0) is 0 Å². The van der Waals surface area contributed by atoms with Gasteiger partial charge in [-0.2, -0.15) is 0 Å². The summed E-state index contributed by atoms with van der Waals surface area (Å²) in [6.45, 7) is 5.71. The van der Waals surface area contributed by atoms with Crippen molar-refractivity contribution in [3.8, 4) is 11.5 Å². The summed E-state index contributed by atoms with van der Waals surface area (Å²) in [5, 5.41) is 0. The Bertz CT molecular complexity index is 652. The Morgan fingerprint density at radius 1 is 0.952 bits per heavy atom. The second-order valence-corrected chi connectivity index (χ2v) is 6.39. The third-order valence-corrected chi connectivity index (χ3v) is 4.78. The van der Waals surface area contributed by atoms with Gasteiger partial charge in [-0.3, -0.25) is 0 Å². The first-order valence-corrected chi connectivity index (χ1v) is 8.17. The Balaban J connectivity index is 1.94. The summed E-state index contributed by atoms with van der Waals surface area (Å²) in [5.74, 6) is 1.69. The quantitative estimate of drug-likeness (QED) is 0.716. The fourth-order valence-electron chi connectivity index (χ4n) is 2.63. The largest absolute Gasteiger partial charge is 0.490 e. The van der Waals surface area contributed by atoms with Crippen LogP contribution in [0.1, 0.15) is 33.5 Å². The molecule has 3 heteroatoms. The van der Waals surface area contributed by atoms with E-state index in [1.807, 2.05) is 6.07 Å². The van der Waals surface area contributed by atoms with Gasteiger partial charge in [-0.25, -0.2) is 0 Å². The molecule has 1 unspecified atom stereocenters. The standard InChI is InChI=1S/C18H19BrO2/c1-12-4-6-15(13(2)10-12)18(19)14-5-7-16-17(11-14)21-9-3-8-20-16/h4-7,10-11,18H,3,8-9H2,1-2H3. The summed E-state index contributed by atoms with van der Waals surface area (Å²) in [6.07, 6.45) is 0.929. The van der Waals surface area contributed by atoms with E-state index < -0.39 is 0 Å². The molecule has 0 aliphatic carbocycles. The molecule has 1 aliphatic rings. The van der Waals surface area contributed by atoms with Crippen molar-refractivity contribution in [2.75, 3.05) is 13.2 Å². The molecule has 2 aromatic carbocycles. The molecule has 1 atom stereocenters. The fraction of sp³-hybridized carbons (Fsp3) is 0.333. The van der Waals surface area contributed by atoms with Crippen LogP contribution in [0.5, 0.6) is 11.5 Å². The van der Waals surface area contributed by atoms with Crippen molar-refractivity contribution in [2.45, 2.75) is 25.1 Å². The van der Waals surface area contributed by atoms with E-state index in [0.29, 0.717) is 6.61 Å². The van der Waals surface area contributed by atoms with Gasteiger partial charge in [0.2, 0.25) is 0 Å². The van der Waals surface area contributed by atoms with Crippen LogP contribution >= 0.6 is 15.9 Å². The van der Waals surface area contributed by atoms with Gasteiger partial charge in [0.25, 0.3) is 0 Å². The molecular weight excluding hydrogens is 328 g/mol. The highest BCUT2D eigenvalue weighted by Gasteiger charge is 2.17. The number of hydrogen-bond donors (Lipinski definition) is 0. The van der Waals surface area contributed by atoms with Gasteiger partial charge in [0, 0.05) is 6.42 Å². The first kappa shape index (κ1) is 14.5. The van der Waals surface area contributed by atoms with E-state index in [2.05, 4.69) is 60.1 Å². The van der Waals surface area contributed by atoms with Gasteiger partial charge in [0.05, 0.1) is 18.0 Å². The summed E-state index contributed by atoms with van der Waals surface area (Å²) in [6, 6.07) is 12.7. The van der Waals surface area contributed by atoms with E-state index in [1.54, 1.807) is 0 Å². The summed E-state index contributed by atoms with van der Waals surface area (Å²) >= 11 is 3.82. The minimum absolute atomic E-state index is 0.162. The molecule has 0 saturated heterocycles. The molecule has 2 aromatic rings. The van der Waals surface area contributed by atoms with E-state index in [1.165, 1.54) is 22.3 Å². The molecule has 1 aliphatic heterocycles. The third kappa shape index (κ3) is 3.08. The Kier molecular flexibility index (Phi) is 4.20. The summed E-state index contributed by atoms with van der Waals surface area (Å²) in [4.78, 5) is 0.162. The van der Waals surface area contributed by atoms with Crippen molar-refractivity contribution in [2.24, 2.45) is 0 Å². The first-order valence-electron chi connectivity index (χ1n) is 7.26. The van der Waals surface area contributed by atoms with Crippen LogP contribution in [0.2, 0.25) is 0 Å². The number of hydrogen-bond acceptors (Lipinski definition) is 2. The lowest BCUT2D eigenvalue weighted by atomic mass is 9.98. The monoisotopic (exact) mass is 346 g/mol. The van der Waals surface area contributed by atoms with Gasteiger partial charge in [-0.1, -0.05) is 45.8 Å². The number of aryl methyl sites for hydroxylation is 2. The highest BCUT2D eigenvalue weighted by atomic mass is 79.9. The highest BCUT2D eigenvalue weighted by molar-refractivity contribution is 9.09. The van der Waals surface area contributed by atoms with E-state index in [-0.39, 0.29) is 4.83 Å². The van der Waals surface area contributed by atoms with Crippen LogP contribution in [0.3, 0.4) is 0 Å². The molecule has 1 heterocycles. The summed E-state index contributed by atoms with van der Waals surface area (Å²) in [7, 11) is 0. The minimum atomic E-state index is 0.162. The molecule has 2 nitrogen and oxygen atoms in total. The zero-order valence-corrected chi connectivity index (χ0v) is 13.9. The molecule has 0 fully saturated rings. The van der Waals surface area contributed by atoms with Crippen molar-refractivity contribution in [1.29, 1.82) is 0 Å². The van der Waals surface area contributed by atoms with Gasteiger partial charge in [-0.05, 0) is 42.7 Å². The maximum Gasteiger partial charge on any atom is 0.161 e. The lowest BCUT2D eigenvalue weighted by Crippen LogP contribution is -1.98. The maximum absolute atomic E-state index is 5.78. The van der Waals surface area contributed by atoms with Crippen LogP contribution in [0, 0.1) is 13.8 Å². The first-order chi connectivity index (χ1) is 10.1. The van der Waals surface area contributed by atoms with E-state index in [9.17, 15) is 0 Å². The van der Waals surface area contributed by atoms with Crippen LogP contribution in [0.4, 0.5) is 0 Å². The predicted molar refractivity (Wildman–Crippen MR) is 88.7 cm³/mol. The number of alkyl halides is 1. The Labute approximate surface area is 134 Å². The Hall–Kier alpha value is -1.48. The second-order valence-electron chi connectivity index (χ2n) is 5.48. The van der Waals surface area contributed by atoms with E-state index in [4.69, 9.17) is 9.47 Å². The normalized spacial score (nSPS) is 15.4. The third-order valence-electron chi connectivity index (χ3n) is 3.76. The molecule has 0 spiro atoms. The van der Waals surface area contributed by atoms with Crippen LogP contribution in [-0.4, -0.2) is 13.2 Å². The average molecular weight is 347 g/mol. The van der Waals surface area contributed by atoms with Crippen molar-refractivity contribution < 1.29 is 9.47 Å². The predicted octanol–water partition coefficient (Wildman–Crippen LogP) is 4.95. The molecule has 110 valence electrons. The smallest absolute Gasteiger partial charge is 0.161 e. The van der Waals surface area contributed by atoms with Crippen molar-refractivity contribution in [3.05, 3.63) is 58.7 Å². The average Bonchev–Trinajstić information content (AvgIpc) is 2.71. The Morgan fingerprint density at radius 3 is 2.48 bits per heavy atom. The zero-order valence-electron chi connectivity index (χ0n) is 12.4. The molecule has 3 rings (SSSR count). The van der Waals surface area contributed by atoms with Gasteiger partial charge >= 0.3 is 0 Å². The number of halogens is 1.